The van der Waals surface area contributed by atoms with Crippen LogP contribution in [0.2, 0.25) is 10.0 Å². The standard InChI is InChI=1S/C18H17Cl2N5OS/c1-10-6-4-5-7-13(10)16-23-24-18(25(16)3)27-11(2)17(26)22-15-14(20)8-12(19)9-21-15/h4-9,11H,1-3H3,(H,21,22,26). The summed E-state index contributed by atoms with van der Waals surface area (Å²) in [4.78, 5) is 16.5. The average molecular weight is 422 g/mol. The highest BCUT2D eigenvalue weighted by Gasteiger charge is 2.21. The predicted octanol–water partition coefficient (Wildman–Crippen LogP) is 4.61. The van der Waals surface area contributed by atoms with Crippen LogP contribution in [0.4, 0.5) is 5.82 Å². The van der Waals surface area contributed by atoms with Gasteiger partial charge in [0.25, 0.3) is 0 Å². The fourth-order valence-electron chi connectivity index (χ4n) is 2.41. The van der Waals surface area contributed by atoms with Crippen LogP contribution in [0, 0.1) is 6.92 Å². The molecule has 0 saturated heterocycles. The smallest absolute Gasteiger partial charge is 0.238 e. The first-order valence-corrected chi connectivity index (χ1v) is 9.74. The van der Waals surface area contributed by atoms with Crippen molar-refractivity contribution in [3.63, 3.8) is 0 Å². The molecule has 1 N–H and O–H groups in total. The van der Waals surface area contributed by atoms with E-state index in [1.165, 1.54) is 24.0 Å². The van der Waals surface area contributed by atoms with Crippen molar-refractivity contribution in [2.45, 2.75) is 24.3 Å². The molecule has 1 amide bonds. The number of benzene rings is 1. The Morgan fingerprint density at radius 3 is 2.70 bits per heavy atom. The van der Waals surface area contributed by atoms with Crippen LogP contribution in [-0.4, -0.2) is 30.9 Å². The Balaban J connectivity index is 1.73. The van der Waals surface area contributed by atoms with Crippen molar-refractivity contribution >= 4 is 46.7 Å². The fraction of sp³-hybridized carbons (Fsp3) is 0.222. The second-order valence-corrected chi connectivity index (χ2v) is 8.07. The Labute approximate surface area is 171 Å². The summed E-state index contributed by atoms with van der Waals surface area (Å²) in [6.07, 6.45) is 1.43. The zero-order chi connectivity index (χ0) is 19.6. The minimum absolute atomic E-state index is 0.239. The van der Waals surface area contributed by atoms with Crippen LogP contribution in [0.25, 0.3) is 11.4 Å². The van der Waals surface area contributed by atoms with Gasteiger partial charge >= 0.3 is 0 Å². The SMILES string of the molecule is Cc1ccccc1-c1nnc(SC(C)C(=O)Nc2ncc(Cl)cc2Cl)n1C. The molecular formula is C18H17Cl2N5OS. The van der Waals surface area contributed by atoms with Gasteiger partial charge in [0, 0.05) is 18.8 Å². The molecule has 1 atom stereocenters. The van der Waals surface area contributed by atoms with E-state index < -0.39 is 5.25 Å². The molecule has 2 aromatic heterocycles. The number of aryl methyl sites for hydroxylation is 1. The first-order chi connectivity index (χ1) is 12.9. The van der Waals surface area contributed by atoms with Gasteiger partial charge in [-0.1, -0.05) is 59.2 Å². The molecule has 0 radical (unpaired) electrons. The summed E-state index contributed by atoms with van der Waals surface area (Å²) in [5.41, 5.74) is 2.12. The third kappa shape index (κ3) is 4.43. The molecule has 0 aliphatic heterocycles. The van der Waals surface area contributed by atoms with Crippen molar-refractivity contribution in [3.8, 4) is 11.4 Å². The summed E-state index contributed by atoms with van der Waals surface area (Å²) in [6.45, 7) is 3.81. The van der Waals surface area contributed by atoms with Gasteiger partial charge in [-0.3, -0.25) is 4.79 Å². The molecule has 1 unspecified atom stereocenters. The van der Waals surface area contributed by atoms with E-state index in [1.807, 2.05) is 42.8 Å². The van der Waals surface area contributed by atoms with E-state index in [9.17, 15) is 4.79 Å². The Morgan fingerprint density at radius 1 is 1.26 bits per heavy atom. The number of nitrogens with one attached hydrogen (secondary N) is 1. The van der Waals surface area contributed by atoms with Crippen molar-refractivity contribution in [3.05, 3.63) is 52.1 Å². The third-order valence-electron chi connectivity index (χ3n) is 3.92. The number of nitrogens with zero attached hydrogens (tertiary/aromatic N) is 4. The van der Waals surface area contributed by atoms with Gasteiger partial charge in [-0.25, -0.2) is 4.98 Å². The van der Waals surface area contributed by atoms with Gasteiger partial charge in [-0.15, -0.1) is 10.2 Å². The summed E-state index contributed by atoms with van der Waals surface area (Å²) in [5, 5.41) is 12.1. The monoisotopic (exact) mass is 421 g/mol. The molecule has 0 aliphatic carbocycles. The fourth-order valence-corrected chi connectivity index (χ4v) is 3.65. The van der Waals surface area contributed by atoms with Crippen molar-refractivity contribution in [1.29, 1.82) is 0 Å². The number of rotatable bonds is 5. The van der Waals surface area contributed by atoms with E-state index in [2.05, 4.69) is 20.5 Å². The van der Waals surface area contributed by atoms with Crippen molar-refractivity contribution < 1.29 is 4.79 Å². The Morgan fingerprint density at radius 2 is 2.00 bits per heavy atom. The number of hydrogen-bond donors (Lipinski definition) is 1. The van der Waals surface area contributed by atoms with Gasteiger partial charge in [0.05, 0.1) is 15.3 Å². The Hall–Kier alpha value is -2.09. The molecule has 0 fully saturated rings. The third-order valence-corrected chi connectivity index (χ3v) is 5.55. The maximum absolute atomic E-state index is 12.5. The van der Waals surface area contributed by atoms with Crippen LogP contribution in [0.1, 0.15) is 12.5 Å². The van der Waals surface area contributed by atoms with E-state index in [0.717, 1.165) is 17.0 Å². The van der Waals surface area contributed by atoms with E-state index in [1.54, 1.807) is 6.92 Å². The number of thioether (sulfide) groups is 1. The normalized spacial score (nSPS) is 12.0. The lowest BCUT2D eigenvalue weighted by atomic mass is 10.1. The van der Waals surface area contributed by atoms with Gasteiger partial charge in [0.1, 0.15) is 0 Å². The zero-order valence-electron chi connectivity index (χ0n) is 14.9. The van der Waals surface area contributed by atoms with E-state index >= 15 is 0 Å². The number of pyridine rings is 1. The number of amides is 1. The number of carbonyl (C=O) groups excluding carboxylic acids is 1. The quantitative estimate of drug-likeness (QED) is 0.608. The van der Waals surface area contributed by atoms with Crippen LogP contribution >= 0.6 is 35.0 Å². The van der Waals surface area contributed by atoms with Crippen LogP contribution < -0.4 is 5.32 Å². The van der Waals surface area contributed by atoms with E-state index in [0.29, 0.717) is 10.2 Å². The Kier molecular flexibility index (Phi) is 6.04. The second-order valence-electron chi connectivity index (χ2n) is 5.91. The molecule has 0 saturated carbocycles. The van der Waals surface area contributed by atoms with E-state index in [4.69, 9.17) is 23.2 Å². The number of carbonyl (C=O) groups is 1. The van der Waals surface area contributed by atoms with Crippen LogP contribution in [0.15, 0.2) is 41.7 Å². The minimum atomic E-state index is -0.425. The lowest BCUT2D eigenvalue weighted by Gasteiger charge is -2.12. The molecule has 0 bridgehead atoms. The van der Waals surface area contributed by atoms with Gasteiger partial charge < -0.3 is 9.88 Å². The van der Waals surface area contributed by atoms with Gasteiger partial charge in [-0.05, 0) is 25.5 Å². The number of aromatic nitrogens is 4. The molecular weight excluding hydrogens is 405 g/mol. The zero-order valence-corrected chi connectivity index (χ0v) is 17.2. The first-order valence-electron chi connectivity index (χ1n) is 8.10. The predicted molar refractivity (Wildman–Crippen MR) is 109 cm³/mol. The average Bonchev–Trinajstić information content (AvgIpc) is 2.98. The van der Waals surface area contributed by atoms with Gasteiger partial charge in [-0.2, -0.15) is 0 Å². The van der Waals surface area contributed by atoms with Gasteiger partial charge in [0.15, 0.2) is 16.8 Å². The lowest BCUT2D eigenvalue weighted by molar-refractivity contribution is -0.115. The van der Waals surface area contributed by atoms with Crippen molar-refractivity contribution in [2.75, 3.05) is 5.32 Å². The van der Waals surface area contributed by atoms with Crippen LogP contribution in [0.5, 0.6) is 0 Å². The molecule has 27 heavy (non-hydrogen) atoms. The molecule has 3 rings (SSSR count). The maximum Gasteiger partial charge on any atom is 0.238 e. The summed E-state index contributed by atoms with van der Waals surface area (Å²) in [7, 11) is 1.88. The number of hydrogen-bond acceptors (Lipinski definition) is 5. The van der Waals surface area contributed by atoms with Crippen LogP contribution in [-0.2, 0) is 11.8 Å². The maximum atomic E-state index is 12.5. The van der Waals surface area contributed by atoms with Crippen LogP contribution in [0.3, 0.4) is 0 Å². The molecule has 6 nitrogen and oxygen atoms in total. The topological polar surface area (TPSA) is 72.7 Å². The lowest BCUT2D eigenvalue weighted by Crippen LogP contribution is -2.23. The molecule has 140 valence electrons. The van der Waals surface area contributed by atoms with E-state index in [-0.39, 0.29) is 16.7 Å². The molecule has 0 spiro atoms. The molecule has 0 aliphatic rings. The number of halogens is 2. The number of anilines is 1. The summed E-state index contributed by atoms with van der Waals surface area (Å²) >= 11 is 13.2. The molecule has 2 heterocycles. The highest BCUT2D eigenvalue weighted by Crippen LogP contribution is 2.28. The minimum Gasteiger partial charge on any atom is -0.308 e. The summed E-state index contributed by atoms with van der Waals surface area (Å²) in [5.74, 6) is 0.792. The largest absolute Gasteiger partial charge is 0.308 e. The highest BCUT2D eigenvalue weighted by atomic mass is 35.5. The molecule has 9 heteroatoms. The highest BCUT2D eigenvalue weighted by molar-refractivity contribution is 8.00. The molecule has 1 aromatic carbocycles. The van der Waals surface area contributed by atoms with Crippen molar-refractivity contribution in [2.24, 2.45) is 7.05 Å². The summed E-state index contributed by atoms with van der Waals surface area (Å²) in [6, 6.07) is 9.49. The van der Waals surface area contributed by atoms with Gasteiger partial charge in [0.2, 0.25) is 5.91 Å². The van der Waals surface area contributed by atoms with Crippen molar-refractivity contribution in [1.82, 2.24) is 19.7 Å². The molecule has 3 aromatic rings. The Bertz CT molecular complexity index is 992. The second kappa shape index (κ2) is 8.29. The first kappa shape index (κ1) is 19.7. The summed E-state index contributed by atoms with van der Waals surface area (Å²) < 4.78 is 1.88.